The van der Waals surface area contributed by atoms with Crippen molar-refractivity contribution in [2.24, 2.45) is 0 Å². The topological polar surface area (TPSA) is 36.3 Å². The third-order valence-electron chi connectivity index (χ3n) is 4.77. The lowest BCUT2D eigenvalue weighted by Crippen LogP contribution is -2.12. The predicted molar refractivity (Wildman–Crippen MR) is 107 cm³/mol. The molecular formula is C23H22N2O2. The van der Waals surface area contributed by atoms with Gasteiger partial charge in [-0.2, -0.15) is 0 Å². The summed E-state index contributed by atoms with van der Waals surface area (Å²) in [5, 5.41) is 0. The van der Waals surface area contributed by atoms with E-state index in [1.165, 1.54) is 5.56 Å². The van der Waals surface area contributed by atoms with Gasteiger partial charge < -0.3 is 14.0 Å². The first-order valence-electron chi connectivity index (χ1n) is 9.04. The van der Waals surface area contributed by atoms with Gasteiger partial charge in [0.1, 0.15) is 23.9 Å². The highest BCUT2D eigenvalue weighted by Crippen LogP contribution is 2.27. The molecule has 1 aromatic heterocycles. The number of benzene rings is 3. The minimum atomic E-state index is 0.160. The number of rotatable bonds is 6. The van der Waals surface area contributed by atoms with Crippen LogP contribution < -0.4 is 9.47 Å². The minimum Gasteiger partial charge on any atom is -0.497 e. The summed E-state index contributed by atoms with van der Waals surface area (Å²) < 4.78 is 13.5. The van der Waals surface area contributed by atoms with E-state index in [0.717, 1.165) is 28.4 Å². The molecule has 0 bridgehead atoms. The molecular weight excluding hydrogens is 336 g/mol. The fourth-order valence-corrected chi connectivity index (χ4v) is 3.33. The van der Waals surface area contributed by atoms with Crippen molar-refractivity contribution in [2.45, 2.75) is 19.6 Å². The molecule has 0 saturated heterocycles. The van der Waals surface area contributed by atoms with Crippen LogP contribution in [0.5, 0.6) is 11.5 Å². The first-order chi connectivity index (χ1) is 13.3. The number of para-hydroxylation sites is 2. The average Bonchev–Trinajstić information content (AvgIpc) is 3.11. The molecule has 1 atom stereocenters. The highest BCUT2D eigenvalue weighted by molar-refractivity contribution is 5.76. The quantitative estimate of drug-likeness (QED) is 0.473. The Morgan fingerprint density at radius 3 is 2.26 bits per heavy atom. The maximum absolute atomic E-state index is 6.01. The molecule has 0 aliphatic heterocycles. The second kappa shape index (κ2) is 7.54. The maximum atomic E-state index is 6.01. The summed E-state index contributed by atoms with van der Waals surface area (Å²) in [6, 6.07) is 26.4. The molecule has 3 aromatic carbocycles. The zero-order valence-corrected chi connectivity index (χ0v) is 15.5. The predicted octanol–water partition coefficient (Wildman–Crippen LogP) is 5.23. The Morgan fingerprint density at radius 1 is 0.852 bits per heavy atom. The number of hydrogen-bond donors (Lipinski definition) is 0. The summed E-state index contributed by atoms with van der Waals surface area (Å²) in [6.07, 6.45) is 0. The lowest BCUT2D eigenvalue weighted by Gasteiger charge is -2.18. The molecule has 0 saturated carbocycles. The number of imidazole rings is 1. The van der Waals surface area contributed by atoms with Crippen molar-refractivity contribution in [2.75, 3.05) is 7.11 Å². The van der Waals surface area contributed by atoms with Crippen molar-refractivity contribution in [1.29, 1.82) is 0 Å². The Balaban J connectivity index is 1.67. The van der Waals surface area contributed by atoms with Crippen LogP contribution in [0, 0.1) is 0 Å². The van der Waals surface area contributed by atoms with E-state index in [1.54, 1.807) is 7.11 Å². The number of hydrogen-bond acceptors (Lipinski definition) is 3. The smallest absolute Gasteiger partial charge is 0.148 e. The summed E-state index contributed by atoms with van der Waals surface area (Å²) in [7, 11) is 1.66. The molecule has 0 unspecified atom stereocenters. The first kappa shape index (κ1) is 17.2. The van der Waals surface area contributed by atoms with E-state index in [4.69, 9.17) is 14.5 Å². The molecule has 0 radical (unpaired) electrons. The second-order valence-corrected chi connectivity index (χ2v) is 6.44. The summed E-state index contributed by atoms with van der Waals surface area (Å²) >= 11 is 0. The summed E-state index contributed by atoms with van der Waals surface area (Å²) in [4.78, 5) is 4.82. The minimum absolute atomic E-state index is 0.160. The van der Waals surface area contributed by atoms with Gasteiger partial charge in [0.25, 0.3) is 0 Å². The Labute approximate surface area is 159 Å². The number of fused-ring (bicyclic) bond motifs is 1. The molecule has 4 heteroatoms. The largest absolute Gasteiger partial charge is 0.497 e. The van der Waals surface area contributed by atoms with Crippen LogP contribution in [0.25, 0.3) is 11.0 Å². The van der Waals surface area contributed by atoms with Crippen molar-refractivity contribution in [3.63, 3.8) is 0 Å². The van der Waals surface area contributed by atoms with Crippen molar-refractivity contribution < 1.29 is 9.47 Å². The summed E-state index contributed by atoms with van der Waals surface area (Å²) in [6.45, 7) is 2.60. The van der Waals surface area contributed by atoms with Crippen LogP contribution >= 0.6 is 0 Å². The van der Waals surface area contributed by atoms with Crippen LogP contribution in [0.2, 0.25) is 0 Å². The Morgan fingerprint density at radius 2 is 1.52 bits per heavy atom. The molecule has 0 amide bonds. The van der Waals surface area contributed by atoms with Gasteiger partial charge in [-0.3, -0.25) is 0 Å². The van der Waals surface area contributed by atoms with Crippen LogP contribution in [0.4, 0.5) is 0 Å². The van der Waals surface area contributed by atoms with Gasteiger partial charge in [0.15, 0.2) is 0 Å². The van der Waals surface area contributed by atoms with Gasteiger partial charge in [-0.25, -0.2) is 4.98 Å². The lowest BCUT2D eigenvalue weighted by molar-refractivity contribution is 0.288. The zero-order chi connectivity index (χ0) is 18.6. The van der Waals surface area contributed by atoms with Crippen LogP contribution in [-0.2, 0) is 6.61 Å². The van der Waals surface area contributed by atoms with Gasteiger partial charge in [-0.1, -0.05) is 42.5 Å². The Kier molecular flexibility index (Phi) is 4.79. The Bertz CT molecular complexity index is 1020. The van der Waals surface area contributed by atoms with Crippen molar-refractivity contribution in [1.82, 2.24) is 9.55 Å². The normalized spacial score (nSPS) is 12.1. The number of methoxy groups -OCH3 is 1. The van der Waals surface area contributed by atoms with Gasteiger partial charge in [-0.15, -0.1) is 0 Å². The molecule has 27 heavy (non-hydrogen) atoms. The highest BCUT2D eigenvalue weighted by atomic mass is 16.5. The third kappa shape index (κ3) is 3.51. The van der Waals surface area contributed by atoms with Crippen molar-refractivity contribution >= 4 is 11.0 Å². The van der Waals surface area contributed by atoms with E-state index in [-0.39, 0.29) is 6.04 Å². The molecule has 136 valence electrons. The van der Waals surface area contributed by atoms with Gasteiger partial charge in [0.05, 0.1) is 24.2 Å². The number of ether oxygens (including phenoxy) is 2. The van der Waals surface area contributed by atoms with E-state index < -0.39 is 0 Å². The Hall–Kier alpha value is -3.27. The second-order valence-electron chi connectivity index (χ2n) is 6.44. The van der Waals surface area contributed by atoms with Gasteiger partial charge in [0.2, 0.25) is 0 Å². The third-order valence-corrected chi connectivity index (χ3v) is 4.77. The van der Waals surface area contributed by atoms with Gasteiger partial charge in [0, 0.05) is 0 Å². The maximum Gasteiger partial charge on any atom is 0.148 e. The van der Waals surface area contributed by atoms with Crippen LogP contribution in [0.3, 0.4) is 0 Å². The first-order valence-corrected chi connectivity index (χ1v) is 9.04. The van der Waals surface area contributed by atoms with E-state index in [1.807, 2.05) is 48.5 Å². The highest BCUT2D eigenvalue weighted by Gasteiger charge is 2.17. The fraction of sp³-hybridized carbons (Fsp3) is 0.174. The van der Waals surface area contributed by atoms with Crippen molar-refractivity contribution in [3.8, 4) is 11.5 Å². The summed E-state index contributed by atoms with van der Waals surface area (Å²) in [5.41, 5.74) is 3.34. The molecule has 0 aliphatic carbocycles. The average molecular weight is 358 g/mol. The molecule has 0 aliphatic rings. The molecule has 1 heterocycles. The number of nitrogens with zero attached hydrogens (tertiary/aromatic N) is 2. The fourth-order valence-electron chi connectivity index (χ4n) is 3.33. The van der Waals surface area contributed by atoms with Crippen molar-refractivity contribution in [3.05, 3.63) is 90.3 Å². The molecule has 4 aromatic rings. The molecule has 0 N–H and O–H groups in total. The zero-order valence-electron chi connectivity index (χ0n) is 15.5. The molecule has 4 rings (SSSR count). The standard InChI is InChI=1S/C23H22N2O2/c1-17(18-8-4-3-5-9-18)25-22-11-7-6-10-21(22)24-23(25)16-27-20-14-12-19(26-2)13-15-20/h3-15,17H,16H2,1-2H3/t17-/m0/s1. The number of aromatic nitrogens is 2. The molecule has 0 spiro atoms. The van der Waals surface area contributed by atoms with Gasteiger partial charge >= 0.3 is 0 Å². The monoisotopic (exact) mass is 358 g/mol. The van der Waals surface area contributed by atoms with E-state index in [2.05, 4.69) is 41.8 Å². The van der Waals surface area contributed by atoms with Gasteiger partial charge in [-0.05, 0) is 48.9 Å². The van der Waals surface area contributed by atoms with E-state index in [9.17, 15) is 0 Å². The molecule has 4 nitrogen and oxygen atoms in total. The van der Waals surface area contributed by atoms with Crippen LogP contribution in [0.1, 0.15) is 24.4 Å². The lowest BCUT2D eigenvalue weighted by atomic mass is 10.1. The molecule has 0 fully saturated rings. The van der Waals surface area contributed by atoms with Crippen LogP contribution in [0.15, 0.2) is 78.9 Å². The van der Waals surface area contributed by atoms with E-state index >= 15 is 0 Å². The SMILES string of the molecule is COc1ccc(OCc2nc3ccccc3n2[C@@H](C)c2ccccc2)cc1. The summed E-state index contributed by atoms with van der Waals surface area (Å²) in [5.74, 6) is 2.51. The van der Waals surface area contributed by atoms with E-state index in [0.29, 0.717) is 6.61 Å². The van der Waals surface area contributed by atoms with Crippen LogP contribution in [-0.4, -0.2) is 16.7 Å².